The van der Waals surface area contributed by atoms with Crippen LogP contribution in [0.5, 0.6) is 0 Å². The molecule has 4 rings (SSSR count). The first-order valence-corrected chi connectivity index (χ1v) is 17.1. The number of amides is 2. The Morgan fingerprint density at radius 1 is 1.07 bits per heavy atom. The van der Waals surface area contributed by atoms with Gasteiger partial charge in [0.2, 0.25) is 0 Å². The molecule has 1 saturated heterocycles. The van der Waals surface area contributed by atoms with Crippen LogP contribution in [0.3, 0.4) is 0 Å². The number of aromatic nitrogens is 1. The van der Waals surface area contributed by atoms with Crippen LogP contribution in [0, 0.1) is 11.8 Å². The van der Waals surface area contributed by atoms with Crippen LogP contribution in [0.25, 0.3) is 0 Å². The molecule has 0 saturated carbocycles. The van der Waals surface area contributed by atoms with Crippen molar-refractivity contribution >= 4 is 11.8 Å². The van der Waals surface area contributed by atoms with Crippen molar-refractivity contribution in [2.24, 2.45) is 11.8 Å². The highest BCUT2D eigenvalue weighted by Crippen LogP contribution is 2.23. The summed E-state index contributed by atoms with van der Waals surface area (Å²) < 4.78 is 5.26. The van der Waals surface area contributed by atoms with Crippen molar-refractivity contribution in [3.8, 4) is 0 Å². The van der Waals surface area contributed by atoms with Crippen LogP contribution < -0.4 is 5.32 Å². The van der Waals surface area contributed by atoms with E-state index in [1.165, 1.54) is 24.8 Å². The van der Waals surface area contributed by atoms with E-state index >= 15 is 0 Å². The number of carbonyl (C=O) groups excluding carboxylic acids is 2. The second kappa shape index (κ2) is 17.9. The number of nitrogens with zero attached hydrogens (tertiary/aromatic N) is 3. The molecule has 2 aromatic rings. The number of methoxy groups -OCH3 is 1. The normalized spacial score (nSPS) is 17.3. The van der Waals surface area contributed by atoms with Gasteiger partial charge in [0.25, 0.3) is 11.8 Å². The quantitative estimate of drug-likeness (QED) is 0.203. The number of hydrogen-bond donors (Lipinski definition) is 1. The number of benzene rings is 1. The van der Waals surface area contributed by atoms with Crippen LogP contribution in [0.4, 0.5) is 0 Å². The number of nitrogens with one attached hydrogen (secondary N) is 1. The standard InChI is InChI=1S/C38H54N4O3/c1-5-6-7-8-31-13-18-36(40-27-31)38(44)42(34-21-25-41(26-22-34)24-20-29(2)3)28-32-9-14-33(15-10-32)37(43)39-23-19-30-11-16-35(45-4)17-12-30/h9-11,13-18,27,29-30,34H,5-8,12,19-26,28H2,1-4H3,(H,39,43). The molecule has 1 fully saturated rings. The number of unbranched alkanes of at least 4 members (excludes halogenated alkanes) is 2. The van der Waals surface area contributed by atoms with Crippen LogP contribution in [-0.2, 0) is 17.7 Å². The first kappa shape index (κ1) is 34.4. The van der Waals surface area contributed by atoms with Crippen molar-refractivity contribution in [2.75, 3.05) is 33.3 Å². The summed E-state index contributed by atoms with van der Waals surface area (Å²) in [7, 11) is 1.68. The molecule has 1 aromatic heterocycles. The molecule has 1 unspecified atom stereocenters. The number of allylic oxidation sites excluding steroid dienone is 3. The second-order valence-corrected chi connectivity index (χ2v) is 13.1. The number of carbonyl (C=O) groups is 2. The van der Waals surface area contributed by atoms with Crippen LogP contribution in [0.2, 0.25) is 0 Å². The predicted molar refractivity (Wildman–Crippen MR) is 182 cm³/mol. The van der Waals surface area contributed by atoms with E-state index in [1.54, 1.807) is 7.11 Å². The minimum absolute atomic E-state index is 0.0122. The lowest BCUT2D eigenvalue weighted by Crippen LogP contribution is -2.47. The first-order chi connectivity index (χ1) is 21.9. The summed E-state index contributed by atoms with van der Waals surface area (Å²) in [6, 6.07) is 11.8. The van der Waals surface area contributed by atoms with E-state index in [0.29, 0.717) is 36.2 Å². The van der Waals surface area contributed by atoms with Crippen molar-refractivity contribution in [2.45, 2.75) is 91.1 Å². The molecular weight excluding hydrogens is 560 g/mol. The van der Waals surface area contributed by atoms with Crippen molar-refractivity contribution in [3.63, 3.8) is 0 Å². The fourth-order valence-electron chi connectivity index (χ4n) is 6.13. The SMILES string of the molecule is CCCCCc1ccc(C(=O)N(Cc2ccc(C(=O)NCCC3C=CC(OC)=CC3)cc2)C2CCN(CCC(C)C)CC2)nc1. The number of likely N-dealkylation sites (tertiary alicyclic amines) is 1. The summed E-state index contributed by atoms with van der Waals surface area (Å²) in [6.07, 6.45) is 17.6. The molecule has 2 heterocycles. The smallest absolute Gasteiger partial charge is 0.272 e. The monoisotopic (exact) mass is 614 g/mol. The maximum absolute atomic E-state index is 13.9. The molecule has 0 radical (unpaired) electrons. The molecule has 7 heteroatoms. The highest BCUT2D eigenvalue weighted by molar-refractivity contribution is 5.94. The van der Waals surface area contributed by atoms with E-state index in [-0.39, 0.29) is 17.9 Å². The molecule has 1 aliphatic heterocycles. The topological polar surface area (TPSA) is 74.8 Å². The molecule has 0 bridgehead atoms. The van der Waals surface area contributed by atoms with Gasteiger partial charge in [-0.15, -0.1) is 0 Å². The maximum atomic E-state index is 13.9. The van der Waals surface area contributed by atoms with Crippen molar-refractivity contribution < 1.29 is 14.3 Å². The molecule has 45 heavy (non-hydrogen) atoms. The van der Waals surface area contributed by atoms with Crippen molar-refractivity contribution in [3.05, 3.63) is 89.0 Å². The predicted octanol–water partition coefficient (Wildman–Crippen LogP) is 7.19. The van der Waals surface area contributed by atoms with Gasteiger partial charge in [-0.3, -0.25) is 14.6 Å². The Hall–Kier alpha value is -3.45. The fourth-order valence-corrected chi connectivity index (χ4v) is 6.13. The van der Waals surface area contributed by atoms with Gasteiger partial charge in [0, 0.05) is 44.0 Å². The molecule has 1 N–H and O–H groups in total. The maximum Gasteiger partial charge on any atom is 0.272 e. The number of pyridine rings is 1. The van der Waals surface area contributed by atoms with Gasteiger partial charge in [0.15, 0.2) is 0 Å². The van der Waals surface area contributed by atoms with Gasteiger partial charge in [-0.1, -0.05) is 57.9 Å². The Morgan fingerprint density at radius 2 is 1.82 bits per heavy atom. The third-order valence-corrected chi connectivity index (χ3v) is 9.15. The summed E-state index contributed by atoms with van der Waals surface area (Å²) >= 11 is 0. The molecule has 7 nitrogen and oxygen atoms in total. The van der Waals surface area contributed by atoms with E-state index in [4.69, 9.17) is 4.74 Å². The molecule has 2 aliphatic rings. The lowest BCUT2D eigenvalue weighted by molar-refractivity contribution is 0.0540. The van der Waals surface area contributed by atoms with Crippen LogP contribution in [-0.4, -0.2) is 65.9 Å². The van der Waals surface area contributed by atoms with E-state index < -0.39 is 0 Å². The average molecular weight is 615 g/mol. The Kier molecular flexibility index (Phi) is 13.7. The van der Waals surface area contributed by atoms with Crippen LogP contribution in [0.1, 0.15) is 104 Å². The summed E-state index contributed by atoms with van der Waals surface area (Å²) in [5.41, 5.74) is 3.35. The number of rotatable bonds is 16. The molecule has 1 aliphatic carbocycles. The Morgan fingerprint density at radius 3 is 2.44 bits per heavy atom. The number of hydrogen-bond acceptors (Lipinski definition) is 5. The van der Waals surface area contributed by atoms with E-state index in [1.807, 2.05) is 47.5 Å². The molecule has 244 valence electrons. The van der Waals surface area contributed by atoms with E-state index in [0.717, 1.165) is 69.5 Å². The van der Waals surface area contributed by atoms with E-state index in [9.17, 15) is 9.59 Å². The van der Waals surface area contributed by atoms with Gasteiger partial charge >= 0.3 is 0 Å². The van der Waals surface area contributed by atoms with Crippen molar-refractivity contribution in [1.29, 1.82) is 0 Å². The largest absolute Gasteiger partial charge is 0.497 e. The molecule has 0 spiro atoms. The second-order valence-electron chi connectivity index (χ2n) is 13.1. The zero-order chi connectivity index (χ0) is 32.0. The number of ether oxygens (including phenoxy) is 1. The lowest BCUT2D eigenvalue weighted by atomic mass is 9.96. The fraction of sp³-hybridized carbons (Fsp3) is 0.553. The third-order valence-electron chi connectivity index (χ3n) is 9.15. The summed E-state index contributed by atoms with van der Waals surface area (Å²) in [4.78, 5) is 36.0. The summed E-state index contributed by atoms with van der Waals surface area (Å²) in [5.74, 6) is 1.91. The van der Waals surface area contributed by atoms with Gasteiger partial charge in [-0.25, -0.2) is 0 Å². The zero-order valence-corrected chi connectivity index (χ0v) is 28.0. The van der Waals surface area contributed by atoms with Gasteiger partial charge in [-0.05, 0) is 105 Å². The molecule has 1 atom stereocenters. The van der Waals surface area contributed by atoms with Crippen LogP contribution in [0.15, 0.2) is 66.6 Å². The lowest BCUT2D eigenvalue weighted by Gasteiger charge is -2.38. The highest BCUT2D eigenvalue weighted by atomic mass is 16.5. The molecular formula is C38H54N4O3. The minimum Gasteiger partial charge on any atom is -0.497 e. The third kappa shape index (κ3) is 10.8. The number of aryl methyl sites for hydroxylation is 1. The number of piperidine rings is 1. The van der Waals surface area contributed by atoms with Crippen molar-refractivity contribution in [1.82, 2.24) is 20.1 Å². The Balaban J connectivity index is 1.37. The van der Waals surface area contributed by atoms with E-state index in [2.05, 4.69) is 54.2 Å². The highest BCUT2D eigenvalue weighted by Gasteiger charge is 2.29. The van der Waals surface area contributed by atoms with Gasteiger partial charge < -0.3 is 19.9 Å². The summed E-state index contributed by atoms with van der Waals surface area (Å²) in [5, 5.41) is 3.06. The van der Waals surface area contributed by atoms with Gasteiger partial charge in [0.1, 0.15) is 11.5 Å². The van der Waals surface area contributed by atoms with Crippen LogP contribution >= 0.6 is 0 Å². The van der Waals surface area contributed by atoms with Gasteiger partial charge in [0.05, 0.1) is 7.11 Å². The average Bonchev–Trinajstić information content (AvgIpc) is 3.07. The van der Waals surface area contributed by atoms with Gasteiger partial charge in [-0.2, -0.15) is 0 Å². The minimum atomic E-state index is -0.0700. The Bertz CT molecular complexity index is 1260. The Labute approximate surface area is 271 Å². The molecule has 1 aromatic carbocycles. The zero-order valence-electron chi connectivity index (χ0n) is 28.0. The first-order valence-electron chi connectivity index (χ1n) is 17.1. The summed E-state index contributed by atoms with van der Waals surface area (Å²) in [6.45, 7) is 11.0. The molecule has 2 amide bonds.